The lowest BCUT2D eigenvalue weighted by atomic mass is 9.91. The molecule has 1 N–H and O–H groups in total. The van der Waals surface area contributed by atoms with Crippen LogP contribution in [0.4, 0.5) is 27.1 Å². The van der Waals surface area contributed by atoms with Crippen LogP contribution in [0.25, 0.3) is 0 Å². The molecule has 2 saturated heterocycles. The smallest absolute Gasteiger partial charge is 0.335 e. The summed E-state index contributed by atoms with van der Waals surface area (Å²) in [6.45, 7) is 23.4. The summed E-state index contributed by atoms with van der Waals surface area (Å²) in [6, 6.07) is 32.4. The number of amides is 1. The van der Waals surface area contributed by atoms with E-state index in [9.17, 15) is 14.0 Å². The van der Waals surface area contributed by atoms with Gasteiger partial charge in [0, 0.05) is 103 Å². The molecule has 4 aromatic carbocycles. The Morgan fingerprint density at radius 1 is 0.590 bits per heavy atom. The Labute approximate surface area is 384 Å². The van der Waals surface area contributed by atoms with Gasteiger partial charge in [0.1, 0.15) is 0 Å². The second-order valence-corrected chi connectivity index (χ2v) is 18.1. The number of hydrogen-bond acceptors (Lipinski definition) is 6. The zero-order chi connectivity index (χ0) is 45.8. The molecule has 0 unspecified atom stereocenters. The number of piperazine rings is 2. The number of alkyl halides is 1. The van der Waals surface area contributed by atoms with Gasteiger partial charge in [0.15, 0.2) is 0 Å². The molecule has 2 aliphatic rings. The average Bonchev–Trinajstić information content (AvgIpc) is 3.28. The molecular formula is C50H70Br2FN5O3. The van der Waals surface area contributed by atoms with Crippen LogP contribution in [0.1, 0.15) is 89.8 Å². The van der Waals surface area contributed by atoms with Crippen molar-refractivity contribution in [3.63, 3.8) is 0 Å². The molecular weight excluding hydrogens is 897 g/mol. The van der Waals surface area contributed by atoms with Gasteiger partial charge in [-0.25, -0.2) is 4.79 Å². The molecule has 8 nitrogen and oxygen atoms in total. The lowest BCUT2D eigenvalue weighted by Crippen LogP contribution is -2.46. The molecule has 6 rings (SSSR count). The second kappa shape index (κ2) is 26.4. The predicted octanol–water partition coefficient (Wildman–Crippen LogP) is 12.4. The number of carboxylic acid groups (broad SMARTS) is 1. The predicted molar refractivity (Wildman–Crippen MR) is 264 cm³/mol. The van der Waals surface area contributed by atoms with Gasteiger partial charge in [0.05, 0.1) is 14.1 Å². The van der Waals surface area contributed by atoms with E-state index in [4.69, 9.17) is 6.48 Å². The quantitative estimate of drug-likeness (QED) is 0.152. The monoisotopic (exact) mass is 966 g/mol. The molecule has 61 heavy (non-hydrogen) atoms. The first-order valence-electron chi connectivity index (χ1n) is 22.4. The standard InChI is InChI=1S/C24H32BrN3O.C17H17BrN2O2.C8H18.CH3F/c1-5-23(18(2)3)26(4)24(29)19-6-10-21(11-7-19)27-14-16-28(17-15-27)22-12-8-20(25)9-13-22;18-14-3-7-16(8-4-14)20-11-9-19(10-12-20)15-5-1-13(2-6-15)17(21)22;1-5-8(6-2)7(3)4;1-2/h6-13,18,23H,5,14-17H2,1-4H3;1-8H,9-12H2,(H,21,22);7-8H,5-6H2,1-4H3;1H3/t23-;;;/m0.../s1/i;;;1D. The minimum atomic E-state index is -1.00. The van der Waals surface area contributed by atoms with Crippen LogP contribution < -0.4 is 19.6 Å². The van der Waals surface area contributed by atoms with Crippen molar-refractivity contribution in [3.05, 3.63) is 117 Å². The molecule has 1 atom stereocenters. The van der Waals surface area contributed by atoms with E-state index in [2.05, 4.69) is 161 Å². The summed E-state index contributed by atoms with van der Waals surface area (Å²) in [5.74, 6) is 1.51. The third-order valence-electron chi connectivity index (χ3n) is 11.9. The van der Waals surface area contributed by atoms with Crippen molar-refractivity contribution in [2.45, 2.75) is 73.8 Å². The lowest BCUT2D eigenvalue weighted by molar-refractivity contribution is 0.0680. The number of nitrogens with zero attached hydrogens (tertiary/aromatic N) is 5. The normalized spacial score (nSPS) is 14.6. The number of carboxylic acids is 1. The van der Waals surface area contributed by atoms with Crippen molar-refractivity contribution < 1.29 is 20.5 Å². The van der Waals surface area contributed by atoms with Gasteiger partial charge in [-0.3, -0.25) is 9.18 Å². The van der Waals surface area contributed by atoms with Crippen LogP contribution in [-0.2, 0) is 0 Å². The molecule has 2 aliphatic heterocycles. The summed E-state index contributed by atoms with van der Waals surface area (Å²) in [6.07, 6.45) is 3.66. The first kappa shape index (κ1) is 49.6. The van der Waals surface area contributed by atoms with Gasteiger partial charge in [-0.05, 0) is 121 Å². The molecule has 2 fully saturated rings. The summed E-state index contributed by atoms with van der Waals surface area (Å²) >= 11 is 6.96. The first-order valence-corrected chi connectivity index (χ1v) is 23.3. The Kier molecular flexibility index (Phi) is 21.5. The largest absolute Gasteiger partial charge is 0.478 e. The maximum absolute atomic E-state index is 12.9. The molecule has 0 saturated carbocycles. The molecule has 0 bridgehead atoms. The van der Waals surface area contributed by atoms with Crippen LogP contribution in [0.2, 0.25) is 0 Å². The number of rotatable bonds is 12. The fourth-order valence-electron chi connectivity index (χ4n) is 8.16. The van der Waals surface area contributed by atoms with E-state index >= 15 is 0 Å². The van der Waals surface area contributed by atoms with E-state index < -0.39 is 13.1 Å². The van der Waals surface area contributed by atoms with E-state index in [1.165, 1.54) is 29.9 Å². The zero-order valence-corrected chi connectivity index (χ0v) is 40.8. The second-order valence-electron chi connectivity index (χ2n) is 16.3. The molecule has 0 aromatic heterocycles. The van der Waals surface area contributed by atoms with Gasteiger partial charge >= 0.3 is 5.97 Å². The van der Waals surface area contributed by atoms with E-state index in [0.717, 1.165) is 90.8 Å². The molecule has 2 heterocycles. The topological polar surface area (TPSA) is 70.6 Å². The Bertz CT molecular complexity index is 1870. The number of aromatic carboxylic acids is 1. The van der Waals surface area contributed by atoms with Crippen molar-refractivity contribution in [2.24, 2.45) is 17.8 Å². The number of benzene rings is 4. The minimum Gasteiger partial charge on any atom is -0.478 e. The van der Waals surface area contributed by atoms with Gasteiger partial charge < -0.3 is 29.6 Å². The molecule has 0 spiro atoms. The van der Waals surface area contributed by atoms with Crippen molar-refractivity contribution >= 4 is 66.5 Å². The Hall–Kier alpha value is -4.09. The highest BCUT2D eigenvalue weighted by atomic mass is 79.9. The van der Waals surface area contributed by atoms with Gasteiger partial charge in [-0.15, -0.1) is 0 Å². The number of carbonyl (C=O) groups excluding carboxylic acids is 1. The summed E-state index contributed by atoms with van der Waals surface area (Å²) in [5, 5.41) is 8.94. The van der Waals surface area contributed by atoms with E-state index in [0.29, 0.717) is 11.5 Å². The van der Waals surface area contributed by atoms with Gasteiger partial charge in [-0.2, -0.15) is 0 Å². The highest BCUT2D eigenvalue weighted by Gasteiger charge is 2.23. The van der Waals surface area contributed by atoms with E-state index in [1.54, 1.807) is 12.1 Å². The van der Waals surface area contributed by atoms with Crippen LogP contribution in [-0.4, -0.2) is 94.5 Å². The third-order valence-corrected chi connectivity index (χ3v) is 13.0. The Morgan fingerprint density at radius 3 is 1.11 bits per heavy atom. The number of halogens is 3. The fraction of sp³-hybridized carbons (Fsp3) is 0.480. The van der Waals surface area contributed by atoms with Gasteiger partial charge in [0.25, 0.3) is 5.91 Å². The minimum absolute atomic E-state index is 0.108. The first-order chi connectivity index (χ1) is 29.7. The molecule has 11 heteroatoms. The van der Waals surface area contributed by atoms with Crippen LogP contribution in [0, 0.1) is 17.8 Å². The molecule has 334 valence electrons. The highest BCUT2D eigenvalue weighted by Crippen LogP contribution is 2.25. The fourth-order valence-corrected chi connectivity index (χ4v) is 8.69. The van der Waals surface area contributed by atoms with Gasteiger partial charge in [0.2, 0.25) is 0 Å². The van der Waals surface area contributed by atoms with Crippen molar-refractivity contribution in [1.82, 2.24) is 4.90 Å². The highest BCUT2D eigenvalue weighted by molar-refractivity contribution is 9.10. The summed E-state index contributed by atoms with van der Waals surface area (Å²) in [5.41, 5.74) is 5.88. The maximum atomic E-state index is 12.9. The van der Waals surface area contributed by atoms with Crippen LogP contribution in [0.5, 0.6) is 0 Å². The van der Waals surface area contributed by atoms with E-state index in [1.807, 2.05) is 36.2 Å². The number of hydrogen-bond donors (Lipinski definition) is 1. The molecule has 0 radical (unpaired) electrons. The van der Waals surface area contributed by atoms with Crippen molar-refractivity contribution in [1.29, 1.82) is 0 Å². The van der Waals surface area contributed by atoms with E-state index in [-0.39, 0.29) is 11.9 Å². The average molecular weight is 969 g/mol. The van der Waals surface area contributed by atoms with Crippen LogP contribution >= 0.6 is 31.9 Å². The summed E-state index contributed by atoms with van der Waals surface area (Å²) in [7, 11) is 0.922. The summed E-state index contributed by atoms with van der Waals surface area (Å²) < 4.78 is 17.7. The molecule has 1 amide bonds. The number of anilines is 4. The maximum Gasteiger partial charge on any atom is 0.335 e. The molecule has 4 aromatic rings. The number of carbonyl (C=O) groups is 2. The van der Waals surface area contributed by atoms with Crippen molar-refractivity contribution in [3.8, 4) is 0 Å². The van der Waals surface area contributed by atoms with Gasteiger partial charge in [-0.1, -0.05) is 93.2 Å². The van der Waals surface area contributed by atoms with Crippen molar-refractivity contribution in [2.75, 3.05) is 86.2 Å². The van der Waals surface area contributed by atoms with Crippen LogP contribution in [0.3, 0.4) is 0 Å². The van der Waals surface area contributed by atoms with Crippen LogP contribution in [0.15, 0.2) is 106 Å². The third kappa shape index (κ3) is 15.6. The zero-order valence-electron chi connectivity index (χ0n) is 38.7. The Balaban J connectivity index is 0.000000272. The SMILES string of the molecule is CCC(CC)C(C)C.CC[C@@H](C(C)C)N(C)C(=O)c1ccc(N2CCN(c3ccc(Br)cc3)CC2)cc1.O=C(O)c1ccc(N2CCN(c3ccc(Br)cc3)CC2)cc1.[2H]CF. The Morgan fingerprint density at radius 2 is 0.885 bits per heavy atom. The summed E-state index contributed by atoms with van der Waals surface area (Å²) in [4.78, 5) is 35.1. The lowest BCUT2D eigenvalue weighted by Gasteiger charge is -2.37. The molecule has 0 aliphatic carbocycles.